The van der Waals surface area contributed by atoms with Crippen molar-refractivity contribution in [2.75, 3.05) is 6.61 Å². The zero-order chi connectivity index (χ0) is 18.0. The van der Waals surface area contributed by atoms with Crippen molar-refractivity contribution in [1.29, 1.82) is 0 Å². The third-order valence-corrected chi connectivity index (χ3v) is 3.20. The van der Waals surface area contributed by atoms with Crippen molar-refractivity contribution >= 4 is 11.9 Å². The van der Waals surface area contributed by atoms with Gasteiger partial charge in [0.05, 0.1) is 12.7 Å². The molecule has 6 heteroatoms. The zero-order valence-electron chi connectivity index (χ0n) is 15.6. The highest BCUT2D eigenvalue weighted by molar-refractivity contribution is 5.75. The topological polar surface area (TPSA) is 76.7 Å². The molecule has 0 aliphatic carbocycles. The summed E-state index contributed by atoms with van der Waals surface area (Å²) in [5.41, 5.74) is 0. The molecule has 3 unspecified atom stereocenters. The number of nitrogens with one attached hydrogen (secondary N) is 2. The van der Waals surface area contributed by atoms with Gasteiger partial charge in [-0.3, -0.25) is 9.59 Å². The molecule has 6 nitrogen and oxygen atoms in total. The van der Waals surface area contributed by atoms with E-state index in [9.17, 15) is 9.59 Å². The Morgan fingerprint density at radius 1 is 0.870 bits per heavy atom. The molecule has 0 rings (SSSR count). The van der Waals surface area contributed by atoms with E-state index >= 15 is 0 Å². The molecule has 2 N–H and O–H groups in total. The van der Waals surface area contributed by atoms with Crippen LogP contribution in [0.15, 0.2) is 0 Å². The molecular formula is C17H34N2O4. The van der Waals surface area contributed by atoms with Crippen LogP contribution in [0.4, 0.5) is 0 Å². The zero-order valence-corrected chi connectivity index (χ0v) is 15.6. The predicted octanol–water partition coefficient (Wildman–Crippen LogP) is 2.01. The number of carbonyl (C=O) groups excluding carboxylic acids is 2. The maximum Gasteiger partial charge on any atom is 0.323 e. The fourth-order valence-corrected chi connectivity index (χ4v) is 2.17. The number of esters is 2. The van der Waals surface area contributed by atoms with Crippen LogP contribution >= 0.6 is 0 Å². The van der Waals surface area contributed by atoms with Gasteiger partial charge < -0.3 is 20.1 Å². The lowest BCUT2D eigenvalue weighted by atomic mass is 10.1. The van der Waals surface area contributed by atoms with E-state index in [-0.39, 0.29) is 42.2 Å². The van der Waals surface area contributed by atoms with Crippen LogP contribution in [0.1, 0.15) is 61.3 Å². The Morgan fingerprint density at radius 2 is 1.43 bits per heavy atom. The van der Waals surface area contributed by atoms with Gasteiger partial charge in [0.1, 0.15) is 12.1 Å². The molecule has 0 aliphatic heterocycles. The normalized spacial score (nSPS) is 15.3. The molecule has 0 aromatic carbocycles. The van der Waals surface area contributed by atoms with Crippen LogP contribution in [0.25, 0.3) is 0 Å². The van der Waals surface area contributed by atoms with Gasteiger partial charge in [-0.1, -0.05) is 13.8 Å². The lowest BCUT2D eigenvalue weighted by Crippen LogP contribution is -2.42. The van der Waals surface area contributed by atoms with Gasteiger partial charge in [0.2, 0.25) is 0 Å². The second-order valence-corrected chi connectivity index (χ2v) is 6.63. The van der Waals surface area contributed by atoms with Gasteiger partial charge in [0.15, 0.2) is 0 Å². The van der Waals surface area contributed by atoms with Crippen molar-refractivity contribution in [3.05, 3.63) is 0 Å². The first-order valence-electron chi connectivity index (χ1n) is 8.52. The molecule has 0 spiro atoms. The molecule has 0 aromatic rings. The van der Waals surface area contributed by atoms with Crippen LogP contribution in [0, 0.1) is 0 Å². The molecule has 0 aliphatic rings. The molecule has 0 heterocycles. The van der Waals surface area contributed by atoms with Crippen LogP contribution in [-0.4, -0.2) is 48.8 Å². The van der Waals surface area contributed by atoms with Crippen LogP contribution in [-0.2, 0) is 19.1 Å². The smallest absolute Gasteiger partial charge is 0.323 e. The standard InChI is InChI=1S/C17H34N2O4/c1-11(2)18-14(6)16(20)22-10-8-9-13(5)19-15(7)17(21)23-12(3)4/h11-15,18-19H,8-10H2,1-7H3. The third-order valence-electron chi connectivity index (χ3n) is 3.20. The van der Waals surface area contributed by atoms with E-state index in [0.717, 1.165) is 12.8 Å². The molecule has 0 radical (unpaired) electrons. The van der Waals surface area contributed by atoms with Crippen LogP contribution < -0.4 is 10.6 Å². The van der Waals surface area contributed by atoms with E-state index in [4.69, 9.17) is 9.47 Å². The quantitative estimate of drug-likeness (QED) is 0.446. The van der Waals surface area contributed by atoms with E-state index in [2.05, 4.69) is 10.6 Å². The van der Waals surface area contributed by atoms with E-state index in [0.29, 0.717) is 6.61 Å². The fraction of sp³-hybridized carbons (Fsp3) is 0.882. The van der Waals surface area contributed by atoms with Gasteiger partial charge in [-0.15, -0.1) is 0 Å². The Morgan fingerprint density at radius 3 is 1.96 bits per heavy atom. The predicted molar refractivity (Wildman–Crippen MR) is 91.2 cm³/mol. The Hall–Kier alpha value is -1.14. The number of rotatable bonds is 11. The minimum Gasteiger partial charge on any atom is -0.465 e. The second kappa shape index (κ2) is 11.4. The van der Waals surface area contributed by atoms with Crippen molar-refractivity contribution in [2.45, 2.75) is 91.6 Å². The van der Waals surface area contributed by atoms with E-state index < -0.39 is 0 Å². The number of carbonyl (C=O) groups is 2. The molecule has 136 valence electrons. The van der Waals surface area contributed by atoms with Gasteiger partial charge >= 0.3 is 11.9 Å². The molecule has 0 saturated heterocycles. The van der Waals surface area contributed by atoms with Crippen LogP contribution in [0.3, 0.4) is 0 Å². The molecule has 0 bridgehead atoms. The van der Waals surface area contributed by atoms with Crippen molar-refractivity contribution in [3.8, 4) is 0 Å². The van der Waals surface area contributed by atoms with Gasteiger partial charge in [0, 0.05) is 12.1 Å². The SMILES string of the molecule is CC(C)NC(C)C(=O)OCCCC(C)NC(C)C(=O)OC(C)C. The Bertz CT molecular complexity index is 359. The highest BCUT2D eigenvalue weighted by atomic mass is 16.5. The van der Waals surface area contributed by atoms with Crippen molar-refractivity contribution in [2.24, 2.45) is 0 Å². The molecule has 23 heavy (non-hydrogen) atoms. The summed E-state index contributed by atoms with van der Waals surface area (Å²) < 4.78 is 10.4. The summed E-state index contributed by atoms with van der Waals surface area (Å²) in [5, 5.41) is 6.30. The van der Waals surface area contributed by atoms with Gasteiger partial charge in [-0.25, -0.2) is 0 Å². The molecule has 0 saturated carbocycles. The first kappa shape index (κ1) is 21.9. The summed E-state index contributed by atoms with van der Waals surface area (Å²) in [4.78, 5) is 23.4. The monoisotopic (exact) mass is 330 g/mol. The largest absolute Gasteiger partial charge is 0.465 e. The van der Waals surface area contributed by atoms with Gasteiger partial charge in [-0.2, -0.15) is 0 Å². The summed E-state index contributed by atoms with van der Waals surface area (Å²) in [6.07, 6.45) is 1.46. The average molecular weight is 330 g/mol. The van der Waals surface area contributed by atoms with Gasteiger partial charge in [-0.05, 0) is 47.5 Å². The Balaban J connectivity index is 3.88. The van der Waals surface area contributed by atoms with E-state index in [1.807, 2.05) is 34.6 Å². The highest BCUT2D eigenvalue weighted by Crippen LogP contribution is 2.02. The average Bonchev–Trinajstić information content (AvgIpc) is 2.41. The van der Waals surface area contributed by atoms with E-state index in [1.165, 1.54) is 0 Å². The summed E-state index contributed by atoms with van der Waals surface area (Å²) in [6, 6.07) is -0.245. The summed E-state index contributed by atoms with van der Waals surface area (Å²) in [7, 11) is 0. The maximum absolute atomic E-state index is 11.7. The van der Waals surface area contributed by atoms with Crippen molar-refractivity contribution in [3.63, 3.8) is 0 Å². The summed E-state index contributed by atoms with van der Waals surface area (Å²) >= 11 is 0. The number of hydrogen-bond donors (Lipinski definition) is 2. The lowest BCUT2D eigenvalue weighted by molar-refractivity contribution is -0.149. The molecule has 0 amide bonds. The Kier molecular flexibility index (Phi) is 10.8. The maximum atomic E-state index is 11.7. The van der Waals surface area contributed by atoms with Crippen LogP contribution in [0.2, 0.25) is 0 Å². The molecule has 0 fully saturated rings. The summed E-state index contributed by atoms with van der Waals surface area (Å²) in [5.74, 6) is -0.472. The highest BCUT2D eigenvalue weighted by Gasteiger charge is 2.18. The molecule has 0 aromatic heterocycles. The Labute approximate surface area is 140 Å². The summed E-state index contributed by atoms with van der Waals surface area (Å²) in [6.45, 7) is 13.6. The fourth-order valence-electron chi connectivity index (χ4n) is 2.17. The van der Waals surface area contributed by atoms with Gasteiger partial charge in [0.25, 0.3) is 0 Å². The van der Waals surface area contributed by atoms with E-state index in [1.54, 1.807) is 13.8 Å². The number of ether oxygens (including phenoxy) is 2. The first-order valence-corrected chi connectivity index (χ1v) is 8.52. The minimum absolute atomic E-state index is 0.108. The third kappa shape index (κ3) is 11.1. The second-order valence-electron chi connectivity index (χ2n) is 6.63. The molecule has 3 atom stereocenters. The van der Waals surface area contributed by atoms with Crippen molar-refractivity contribution < 1.29 is 19.1 Å². The molecular weight excluding hydrogens is 296 g/mol. The first-order chi connectivity index (χ1) is 10.6. The van der Waals surface area contributed by atoms with Crippen LogP contribution in [0.5, 0.6) is 0 Å². The number of hydrogen-bond acceptors (Lipinski definition) is 6. The van der Waals surface area contributed by atoms with Crippen molar-refractivity contribution in [1.82, 2.24) is 10.6 Å². The lowest BCUT2D eigenvalue weighted by Gasteiger charge is -2.20. The minimum atomic E-state index is -0.342.